The number of nitrogens with one attached hydrogen (secondary N) is 1. The zero-order valence-electron chi connectivity index (χ0n) is 23.5. The number of carbonyl (C=O) groups excluding carboxylic acids is 1. The normalized spacial score (nSPS) is 12.3. The average molecular weight is 588 g/mol. The van der Waals surface area contributed by atoms with Crippen LogP contribution in [0.2, 0.25) is 0 Å². The molecule has 0 spiro atoms. The molecular weight excluding hydrogens is 556 g/mol. The summed E-state index contributed by atoms with van der Waals surface area (Å²) in [6.07, 6.45) is 0. The van der Waals surface area contributed by atoms with Crippen LogP contribution in [0.15, 0.2) is 97.1 Å². The number of ether oxygens (including phenoxy) is 1. The topological polar surface area (TPSA) is 91.7 Å². The van der Waals surface area contributed by atoms with Crippen LogP contribution in [0.4, 0.5) is 4.39 Å². The summed E-state index contributed by atoms with van der Waals surface area (Å²) in [5, 5.41) is 9.47. The molecule has 0 aliphatic carbocycles. The van der Waals surface area contributed by atoms with E-state index in [2.05, 4.69) is 10.4 Å². The number of amides is 1. The van der Waals surface area contributed by atoms with Crippen molar-refractivity contribution < 1.29 is 27.5 Å². The van der Waals surface area contributed by atoms with E-state index in [4.69, 9.17) is 13.8 Å². The molecular formula is C32H31FN3O5P. The van der Waals surface area contributed by atoms with E-state index >= 15 is 0 Å². The summed E-state index contributed by atoms with van der Waals surface area (Å²) in [4.78, 5) is 13.8. The van der Waals surface area contributed by atoms with E-state index in [0.29, 0.717) is 22.7 Å². The Kier molecular flexibility index (Phi) is 8.83. The van der Waals surface area contributed by atoms with Crippen molar-refractivity contribution in [3.05, 3.63) is 114 Å². The van der Waals surface area contributed by atoms with Crippen LogP contribution in [-0.2, 0) is 13.6 Å². The Labute approximate surface area is 243 Å². The molecule has 1 amide bonds. The van der Waals surface area contributed by atoms with Gasteiger partial charge in [-0.2, -0.15) is 5.10 Å². The molecule has 8 nitrogen and oxygen atoms in total. The molecule has 216 valence electrons. The van der Waals surface area contributed by atoms with Crippen LogP contribution in [-0.4, -0.2) is 36.0 Å². The van der Waals surface area contributed by atoms with Crippen molar-refractivity contribution in [2.45, 2.75) is 19.6 Å². The summed E-state index contributed by atoms with van der Waals surface area (Å²) in [5.74, 6) is -1.49. The fourth-order valence-electron chi connectivity index (χ4n) is 4.79. The van der Waals surface area contributed by atoms with Gasteiger partial charge in [0, 0.05) is 5.56 Å². The van der Waals surface area contributed by atoms with Crippen LogP contribution in [0.3, 0.4) is 0 Å². The van der Waals surface area contributed by atoms with E-state index in [-0.39, 0.29) is 24.7 Å². The van der Waals surface area contributed by atoms with E-state index in [1.807, 2.05) is 42.5 Å². The molecule has 0 fully saturated rings. The maximum absolute atomic E-state index is 14.0. The van der Waals surface area contributed by atoms with E-state index in [1.165, 1.54) is 12.1 Å². The van der Waals surface area contributed by atoms with E-state index in [1.54, 1.807) is 68.1 Å². The van der Waals surface area contributed by atoms with Crippen LogP contribution in [0.5, 0.6) is 5.75 Å². The summed E-state index contributed by atoms with van der Waals surface area (Å²) in [5.41, 5.74) is 2.62. The number of fused-ring (bicyclic) bond motifs is 1. The van der Waals surface area contributed by atoms with Crippen LogP contribution < -0.4 is 10.1 Å². The second-order valence-corrected chi connectivity index (χ2v) is 11.5. The first-order valence-electron chi connectivity index (χ1n) is 13.5. The Morgan fingerprint density at radius 3 is 2.26 bits per heavy atom. The largest absolute Gasteiger partial charge is 0.497 e. The minimum atomic E-state index is -3.86. The maximum Gasteiger partial charge on any atom is 0.357 e. The lowest BCUT2D eigenvalue weighted by Gasteiger charge is -2.27. The first-order chi connectivity index (χ1) is 20.4. The average Bonchev–Trinajstić information content (AvgIpc) is 3.45. The SMILES string of the molecule is CCOP(=O)(OCC)C(NC(=O)c1cc(-c2cccc3ccccc23)n(-c2ccc(F)cc2)n1)c1ccc(OC)cc1. The van der Waals surface area contributed by atoms with Gasteiger partial charge in [0.25, 0.3) is 5.91 Å². The lowest BCUT2D eigenvalue weighted by Crippen LogP contribution is -2.30. The predicted octanol–water partition coefficient (Wildman–Crippen LogP) is 7.53. The highest BCUT2D eigenvalue weighted by Gasteiger charge is 2.39. The minimum absolute atomic E-state index is 0.0697. The lowest BCUT2D eigenvalue weighted by molar-refractivity contribution is 0.0932. The van der Waals surface area contributed by atoms with Gasteiger partial charge in [-0.25, -0.2) is 9.07 Å². The summed E-state index contributed by atoms with van der Waals surface area (Å²) in [6.45, 7) is 3.65. The molecule has 1 aromatic heterocycles. The molecule has 0 aliphatic heterocycles. The third-order valence-electron chi connectivity index (χ3n) is 6.71. The highest BCUT2D eigenvalue weighted by Crippen LogP contribution is 2.59. The molecule has 0 radical (unpaired) electrons. The van der Waals surface area contributed by atoms with Gasteiger partial charge in [0.15, 0.2) is 11.5 Å². The molecule has 1 unspecified atom stereocenters. The first-order valence-corrected chi connectivity index (χ1v) is 15.2. The summed E-state index contributed by atoms with van der Waals surface area (Å²) in [7, 11) is -2.31. The Balaban J connectivity index is 1.61. The highest BCUT2D eigenvalue weighted by molar-refractivity contribution is 7.54. The Morgan fingerprint density at radius 2 is 1.60 bits per heavy atom. The molecule has 10 heteroatoms. The van der Waals surface area contributed by atoms with E-state index in [0.717, 1.165) is 16.3 Å². The number of benzene rings is 4. The van der Waals surface area contributed by atoms with E-state index in [9.17, 15) is 13.8 Å². The summed E-state index contributed by atoms with van der Waals surface area (Å²) < 4.78 is 45.9. The number of hydrogen-bond acceptors (Lipinski definition) is 6. The van der Waals surface area contributed by atoms with Gasteiger partial charge in [0.05, 0.1) is 31.7 Å². The van der Waals surface area contributed by atoms with Crippen LogP contribution in [0.1, 0.15) is 35.7 Å². The molecule has 42 heavy (non-hydrogen) atoms. The summed E-state index contributed by atoms with van der Waals surface area (Å²) in [6, 6.07) is 28.1. The maximum atomic E-state index is 14.0. The van der Waals surface area contributed by atoms with Gasteiger partial charge in [0.2, 0.25) is 0 Å². The van der Waals surface area contributed by atoms with Gasteiger partial charge in [-0.3, -0.25) is 9.36 Å². The quantitative estimate of drug-likeness (QED) is 0.161. The molecule has 1 atom stereocenters. The second-order valence-electron chi connectivity index (χ2n) is 9.35. The second kappa shape index (κ2) is 12.7. The molecule has 5 aromatic rings. The van der Waals surface area contributed by atoms with Gasteiger partial charge >= 0.3 is 7.60 Å². The molecule has 0 saturated carbocycles. The third kappa shape index (κ3) is 5.99. The highest BCUT2D eigenvalue weighted by atomic mass is 31.2. The molecule has 5 rings (SSSR count). The zero-order chi connectivity index (χ0) is 29.7. The molecule has 0 aliphatic rings. The summed E-state index contributed by atoms with van der Waals surface area (Å²) >= 11 is 0. The van der Waals surface area contributed by atoms with Gasteiger partial charge < -0.3 is 19.1 Å². The van der Waals surface area contributed by atoms with Gasteiger partial charge in [-0.1, -0.05) is 54.6 Å². The zero-order valence-corrected chi connectivity index (χ0v) is 24.4. The van der Waals surface area contributed by atoms with Crippen LogP contribution in [0.25, 0.3) is 27.7 Å². The molecule has 0 saturated heterocycles. The van der Waals surface area contributed by atoms with Gasteiger partial charge in [-0.05, 0) is 72.6 Å². The number of methoxy groups -OCH3 is 1. The monoisotopic (exact) mass is 587 g/mol. The Morgan fingerprint density at radius 1 is 0.929 bits per heavy atom. The molecule has 4 aromatic carbocycles. The van der Waals surface area contributed by atoms with Crippen LogP contribution >= 0.6 is 7.60 Å². The van der Waals surface area contributed by atoms with Crippen LogP contribution in [0, 0.1) is 5.82 Å². The smallest absolute Gasteiger partial charge is 0.357 e. The van der Waals surface area contributed by atoms with Crippen molar-refractivity contribution in [1.29, 1.82) is 0 Å². The lowest BCUT2D eigenvalue weighted by atomic mass is 10.0. The first kappa shape index (κ1) is 29.2. The number of carbonyl (C=O) groups is 1. The van der Waals surface area contributed by atoms with Crippen molar-refractivity contribution in [2.24, 2.45) is 0 Å². The van der Waals surface area contributed by atoms with Crippen molar-refractivity contribution >= 4 is 24.3 Å². The number of aromatic nitrogens is 2. The Bertz CT molecular complexity index is 1720. The number of nitrogens with zero attached hydrogens (tertiary/aromatic N) is 2. The standard InChI is InChI=1S/C32H31FN3O5P/c1-4-40-42(38,41-5-2)32(23-13-19-26(39-3)20-14-23)34-31(37)29-21-30(36(35-29)25-17-15-24(33)16-18-25)28-12-8-10-22-9-6-7-11-27(22)28/h6-21,32H,4-5H2,1-3H3,(H,34,37). The fourth-order valence-corrected chi connectivity index (χ4v) is 6.69. The van der Waals surface area contributed by atoms with E-state index < -0.39 is 19.3 Å². The third-order valence-corrected chi connectivity index (χ3v) is 9.01. The predicted molar refractivity (Wildman–Crippen MR) is 161 cm³/mol. The van der Waals surface area contributed by atoms with Gasteiger partial charge in [-0.15, -0.1) is 0 Å². The fraction of sp³-hybridized carbons (Fsp3) is 0.188. The molecule has 0 bridgehead atoms. The Hall–Kier alpha value is -4.30. The minimum Gasteiger partial charge on any atom is -0.497 e. The number of halogens is 1. The number of hydrogen-bond donors (Lipinski definition) is 1. The number of rotatable bonds is 11. The van der Waals surface area contributed by atoms with Gasteiger partial charge in [0.1, 0.15) is 11.6 Å². The molecule has 1 N–H and O–H groups in total. The van der Waals surface area contributed by atoms with Crippen molar-refractivity contribution in [3.63, 3.8) is 0 Å². The van der Waals surface area contributed by atoms with Crippen molar-refractivity contribution in [3.8, 4) is 22.7 Å². The van der Waals surface area contributed by atoms with Crippen molar-refractivity contribution in [2.75, 3.05) is 20.3 Å². The van der Waals surface area contributed by atoms with Crippen molar-refractivity contribution in [1.82, 2.24) is 15.1 Å². The molecule has 1 heterocycles.